The second-order valence-corrected chi connectivity index (χ2v) is 5.54. The largest absolute Gasteiger partial charge is 0.434 e. The Bertz CT molecular complexity index is 626. The number of guanidine groups is 1. The van der Waals surface area contributed by atoms with Crippen molar-refractivity contribution in [2.45, 2.75) is 19.1 Å². The van der Waals surface area contributed by atoms with Gasteiger partial charge in [-0.15, -0.1) is 35.3 Å². The molecule has 0 unspecified atom stereocenters. The van der Waals surface area contributed by atoms with E-state index in [1.807, 2.05) is 10.8 Å². The Morgan fingerprint density at radius 3 is 2.67 bits per heavy atom. The van der Waals surface area contributed by atoms with Gasteiger partial charge in [0.05, 0.1) is 11.3 Å². The fourth-order valence-corrected chi connectivity index (χ4v) is 2.59. The molecule has 2 aromatic rings. The first kappa shape index (κ1) is 20.7. The van der Waals surface area contributed by atoms with Crippen molar-refractivity contribution in [3.63, 3.8) is 0 Å². The van der Waals surface area contributed by atoms with Crippen LogP contribution < -0.4 is 10.6 Å². The molecule has 2 N–H and O–H groups in total. The summed E-state index contributed by atoms with van der Waals surface area (Å²) in [6, 6.07) is 0. The first-order valence-electron chi connectivity index (χ1n) is 6.91. The van der Waals surface area contributed by atoms with Crippen molar-refractivity contribution in [2.75, 3.05) is 20.1 Å². The van der Waals surface area contributed by atoms with Gasteiger partial charge < -0.3 is 15.2 Å². The fraction of sp³-hybridized carbons (Fsp3) is 0.462. The molecule has 0 radical (unpaired) electrons. The summed E-state index contributed by atoms with van der Waals surface area (Å²) in [5.74, 6) is 0.595. The molecule has 24 heavy (non-hydrogen) atoms. The predicted octanol–water partition coefficient (Wildman–Crippen LogP) is 2.38. The highest BCUT2D eigenvalue weighted by Gasteiger charge is 2.33. The Morgan fingerprint density at radius 1 is 1.33 bits per heavy atom. The zero-order chi connectivity index (χ0) is 16.7. The van der Waals surface area contributed by atoms with Gasteiger partial charge in [-0.1, -0.05) is 0 Å². The average Bonchev–Trinajstić information content (AvgIpc) is 3.16. The quantitative estimate of drug-likeness (QED) is 0.384. The van der Waals surface area contributed by atoms with Crippen LogP contribution in [0.2, 0.25) is 0 Å². The fourth-order valence-electron chi connectivity index (χ4n) is 1.79. The maximum atomic E-state index is 12.5. The van der Waals surface area contributed by atoms with Gasteiger partial charge in [-0.3, -0.25) is 4.99 Å². The highest BCUT2D eigenvalue weighted by Crippen LogP contribution is 2.29. The SMILES string of the molecule is CN=C(NCCc1nc(C(F)(F)F)cs1)NCCn1ccnc1.I. The molecule has 0 amide bonds. The molecule has 0 atom stereocenters. The Morgan fingerprint density at radius 2 is 2.08 bits per heavy atom. The number of rotatable bonds is 6. The standard InChI is InChI=1S/C13H17F3N6S.HI/c1-17-12(20-5-7-22-6-4-18-9-22)19-3-2-11-21-10(8-23-11)13(14,15)16;/h4,6,8-9H,2-3,5,7H2,1H3,(H2,17,19,20);1H. The molecule has 0 aliphatic carbocycles. The normalized spacial score (nSPS) is 11.9. The van der Waals surface area contributed by atoms with Crippen LogP contribution in [-0.2, 0) is 19.1 Å². The highest BCUT2D eigenvalue weighted by molar-refractivity contribution is 14.0. The van der Waals surface area contributed by atoms with Crippen LogP contribution in [0.15, 0.2) is 29.1 Å². The third kappa shape index (κ3) is 6.63. The summed E-state index contributed by atoms with van der Waals surface area (Å²) in [7, 11) is 1.64. The minimum absolute atomic E-state index is 0. The van der Waals surface area contributed by atoms with Crippen LogP contribution in [0.3, 0.4) is 0 Å². The van der Waals surface area contributed by atoms with Crippen LogP contribution in [0, 0.1) is 0 Å². The van der Waals surface area contributed by atoms with Gasteiger partial charge in [-0.25, -0.2) is 9.97 Å². The number of aliphatic imine (C=N–C) groups is 1. The molecular formula is C13H18F3IN6S. The zero-order valence-electron chi connectivity index (χ0n) is 12.9. The van der Waals surface area contributed by atoms with E-state index in [4.69, 9.17) is 0 Å². The van der Waals surface area contributed by atoms with Crippen molar-refractivity contribution in [1.82, 2.24) is 25.2 Å². The lowest BCUT2D eigenvalue weighted by Gasteiger charge is -2.11. The van der Waals surface area contributed by atoms with Crippen molar-refractivity contribution in [3.05, 3.63) is 34.8 Å². The number of halogens is 4. The smallest absolute Gasteiger partial charge is 0.356 e. The summed E-state index contributed by atoms with van der Waals surface area (Å²) < 4.78 is 39.3. The number of hydrogen-bond donors (Lipinski definition) is 2. The van der Waals surface area contributed by atoms with E-state index in [2.05, 4.69) is 25.6 Å². The highest BCUT2D eigenvalue weighted by atomic mass is 127. The van der Waals surface area contributed by atoms with Crippen LogP contribution in [0.5, 0.6) is 0 Å². The molecule has 0 aromatic carbocycles. The minimum atomic E-state index is -4.38. The van der Waals surface area contributed by atoms with E-state index in [0.29, 0.717) is 30.5 Å². The summed E-state index contributed by atoms with van der Waals surface area (Å²) >= 11 is 1.01. The number of aromatic nitrogens is 3. The zero-order valence-corrected chi connectivity index (χ0v) is 16.0. The summed E-state index contributed by atoms with van der Waals surface area (Å²) in [6.45, 7) is 1.85. The first-order chi connectivity index (χ1) is 11.0. The topological polar surface area (TPSA) is 67.1 Å². The van der Waals surface area contributed by atoms with Crippen molar-refractivity contribution in [1.29, 1.82) is 0 Å². The Kier molecular flexibility index (Phi) is 8.45. The van der Waals surface area contributed by atoms with Gasteiger partial charge in [-0.05, 0) is 0 Å². The van der Waals surface area contributed by atoms with Gasteiger partial charge in [0, 0.05) is 50.9 Å². The second-order valence-electron chi connectivity index (χ2n) is 4.60. The molecule has 2 heterocycles. The molecule has 0 aliphatic rings. The van der Waals surface area contributed by atoms with Crippen LogP contribution >= 0.6 is 35.3 Å². The monoisotopic (exact) mass is 474 g/mol. The lowest BCUT2D eigenvalue weighted by molar-refractivity contribution is -0.140. The van der Waals surface area contributed by atoms with E-state index in [0.717, 1.165) is 23.3 Å². The van der Waals surface area contributed by atoms with Crippen molar-refractivity contribution < 1.29 is 13.2 Å². The summed E-state index contributed by atoms with van der Waals surface area (Å²) in [5.41, 5.74) is -0.833. The molecule has 11 heteroatoms. The maximum Gasteiger partial charge on any atom is 0.434 e. The van der Waals surface area contributed by atoms with E-state index in [9.17, 15) is 13.2 Å². The van der Waals surface area contributed by atoms with Gasteiger partial charge in [-0.2, -0.15) is 13.2 Å². The summed E-state index contributed by atoms with van der Waals surface area (Å²) in [4.78, 5) is 11.6. The average molecular weight is 474 g/mol. The van der Waals surface area contributed by atoms with Crippen LogP contribution in [0.4, 0.5) is 13.2 Å². The van der Waals surface area contributed by atoms with E-state index >= 15 is 0 Å². The summed E-state index contributed by atoms with van der Waals surface area (Å²) in [6.07, 6.45) is 1.31. The van der Waals surface area contributed by atoms with E-state index < -0.39 is 11.9 Å². The van der Waals surface area contributed by atoms with Crippen LogP contribution in [0.1, 0.15) is 10.7 Å². The molecule has 0 bridgehead atoms. The molecular weight excluding hydrogens is 456 g/mol. The third-order valence-electron chi connectivity index (χ3n) is 2.92. The molecule has 0 spiro atoms. The van der Waals surface area contributed by atoms with Gasteiger partial charge in [0.15, 0.2) is 11.7 Å². The predicted molar refractivity (Wildman–Crippen MR) is 97.8 cm³/mol. The maximum absolute atomic E-state index is 12.5. The van der Waals surface area contributed by atoms with Gasteiger partial charge in [0.1, 0.15) is 0 Å². The van der Waals surface area contributed by atoms with Gasteiger partial charge >= 0.3 is 6.18 Å². The van der Waals surface area contributed by atoms with E-state index in [-0.39, 0.29) is 24.0 Å². The third-order valence-corrected chi connectivity index (χ3v) is 3.83. The number of alkyl halides is 3. The summed E-state index contributed by atoms with van der Waals surface area (Å²) in [5, 5.41) is 7.64. The van der Waals surface area contributed by atoms with Crippen LogP contribution in [-0.4, -0.2) is 40.6 Å². The number of nitrogens with one attached hydrogen (secondary N) is 2. The molecule has 134 valence electrons. The molecule has 0 aliphatic heterocycles. The van der Waals surface area contributed by atoms with Crippen molar-refractivity contribution in [2.24, 2.45) is 4.99 Å². The van der Waals surface area contributed by atoms with Crippen molar-refractivity contribution in [3.8, 4) is 0 Å². The molecule has 0 fully saturated rings. The number of hydrogen-bond acceptors (Lipinski definition) is 4. The lowest BCUT2D eigenvalue weighted by Crippen LogP contribution is -2.39. The molecule has 2 rings (SSSR count). The van der Waals surface area contributed by atoms with Gasteiger partial charge in [0.25, 0.3) is 0 Å². The second kappa shape index (κ2) is 9.81. The minimum Gasteiger partial charge on any atom is -0.356 e. The number of nitrogens with zero attached hydrogens (tertiary/aromatic N) is 4. The number of thiazole rings is 1. The first-order valence-corrected chi connectivity index (χ1v) is 7.79. The van der Waals surface area contributed by atoms with Crippen LogP contribution in [0.25, 0.3) is 0 Å². The van der Waals surface area contributed by atoms with Crippen molar-refractivity contribution >= 4 is 41.3 Å². The van der Waals surface area contributed by atoms with Gasteiger partial charge in [0.2, 0.25) is 0 Å². The molecule has 6 nitrogen and oxygen atoms in total. The Hall–Kier alpha value is -1.37. The molecule has 0 saturated heterocycles. The van der Waals surface area contributed by atoms with E-state index in [1.165, 1.54) is 0 Å². The van der Waals surface area contributed by atoms with E-state index in [1.54, 1.807) is 19.6 Å². The molecule has 0 saturated carbocycles. The Labute approximate surface area is 158 Å². The number of imidazole rings is 1. The molecule has 2 aromatic heterocycles. The Balaban J connectivity index is 0.00000288. The lowest BCUT2D eigenvalue weighted by atomic mass is 10.4.